The quantitative estimate of drug-likeness (QED) is 0.683. The zero-order valence-corrected chi connectivity index (χ0v) is 10.1. The summed E-state index contributed by atoms with van der Waals surface area (Å²) < 4.78 is 0. The van der Waals surface area contributed by atoms with Crippen LogP contribution in [0.4, 0.5) is 0 Å². The molecule has 0 aromatic heterocycles. The Labute approximate surface area is 97.9 Å². The molecule has 3 heteroatoms. The first-order valence-corrected chi connectivity index (χ1v) is 6.46. The van der Waals surface area contributed by atoms with E-state index in [0.29, 0.717) is 11.9 Å². The maximum Gasteiger partial charge on any atom is 0.227 e. The van der Waals surface area contributed by atoms with Gasteiger partial charge in [0.05, 0.1) is 5.92 Å². The van der Waals surface area contributed by atoms with Crippen molar-refractivity contribution >= 4 is 5.91 Å². The Morgan fingerprint density at radius 1 is 1.25 bits per heavy atom. The van der Waals surface area contributed by atoms with Gasteiger partial charge in [-0.25, -0.2) is 0 Å². The first-order valence-electron chi connectivity index (χ1n) is 6.46. The number of allylic oxidation sites excluding steroid dienone is 1. The minimum absolute atomic E-state index is 0.136. The fraction of sp³-hybridized carbons (Fsp3) is 0.769. The summed E-state index contributed by atoms with van der Waals surface area (Å²) in [6.07, 6.45) is 8.79. The molecule has 2 heterocycles. The second-order valence-corrected chi connectivity index (χ2v) is 4.90. The average molecular weight is 222 g/mol. The van der Waals surface area contributed by atoms with Gasteiger partial charge in [-0.2, -0.15) is 0 Å². The molecule has 0 aliphatic carbocycles. The molecule has 0 aromatic carbocycles. The van der Waals surface area contributed by atoms with Gasteiger partial charge in [-0.3, -0.25) is 4.79 Å². The molecule has 0 bridgehead atoms. The molecule has 0 radical (unpaired) electrons. The molecule has 1 fully saturated rings. The highest BCUT2D eigenvalue weighted by Gasteiger charge is 2.29. The number of hydrogen-bond acceptors (Lipinski definition) is 2. The zero-order chi connectivity index (χ0) is 11.4. The van der Waals surface area contributed by atoms with Crippen molar-refractivity contribution in [3.8, 4) is 0 Å². The number of carbonyl (C=O) groups excluding carboxylic acids is 1. The first-order chi connectivity index (χ1) is 7.79. The minimum Gasteiger partial charge on any atom is -0.342 e. The Balaban J connectivity index is 1.98. The third-order valence-corrected chi connectivity index (χ3v) is 3.70. The lowest BCUT2D eigenvalue weighted by Crippen LogP contribution is -2.46. The molecule has 90 valence electrons. The van der Waals surface area contributed by atoms with Gasteiger partial charge in [0.15, 0.2) is 0 Å². The number of rotatable bonds is 1. The maximum atomic E-state index is 12.4. The van der Waals surface area contributed by atoms with E-state index in [1.54, 1.807) is 0 Å². The Morgan fingerprint density at radius 2 is 2.00 bits per heavy atom. The maximum absolute atomic E-state index is 12.4. The summed E-state index contributed by atoms with van der Waals surface area (Å²) in [6, 6.07) is 0.296. The summed E-state index contributed by atoms with van der Waals surface area (Å²) >= 11 is 0. The van der Waals surface area contributed by atoms with Gasteiger partial charge in [0, 0.05) is 25.7 Å². The van der Waals surface area contributed by atoms with E-state index in [0.717, 1.165) is 26.1 Å². The highest BCUT2D eigenvalue weighted by Crippen LogP contribution is 2.19. The minimum atomic E-state index is 0.136. The smallest absolute Gasteiger partial charge is 0.227 e. The number of nitrogens with zero attached hydrogens (tertiary/aromatic N) is 1. The molecule has 0 aromatic rings. The van der Waals surface area contributed by atoms with Crippen molar-refractivity contribution in [2.24, 2.45) is 5.92 Å². The predicted octanol–water partition coefficient (Wildman–Crippen LogP) is 1.55. The third-order valence-electron chi connectivity index (χ3n) is 3.70. The zero-order valence-electron chi connectivity index (χ0n) is 10.1. The summed E-state index contributed by atoms with van der Waals surface area (Å²) in [5.74, 6) is 0.489. The van der Waals surface area contributed by atoms with Crippen molar-refractivity contribution in [1.29, 1.82) is 0 Å². The van der Waals surface area contributed by atoms with E-state index >= 15 is 0 Å². The van der Waals surface area contributed by atoms with Gasteiger partial charge in [-0.1, -0.05) is 12.2 Å². The van der Waals surface area contributed by atoms with Crippen LogP contribution < -0.4 is 5.32 Å². The van der Waals surface area contributed by atoms with E-state index in [9.17, 15) is 4.79 Å². The van der Waals surface area contributed by atoms with Gasteiger partial charge in [0.25, 0.3) is 0 Å². The SMILES string of the molecule is C[C@H]1NCC=CC[C@@H]1C(=O)N1CCCCC1. The van der Waals surface area contributed by atoms with Crippen LogP contribution >= 0.6 is 0 Å². The second kappa shape index (κ2) is 5.48. The monoisotopic (exact) mass is 222 g/mol. The van der Waals surface area contributed by atoms with Crippen molar-refractivity contribution in [2.45, 2.75) is 38.6 Å². The molecule has 16 heavy (non-hydrogen) atoms. The van der Waals surface area contributed by atoms with E-state index in [1.807, 2.05) is 0 Å². The summed E-state index contributed by atoms with van der Waals surface area (Å²) in [4.78, 5) is 14.4. The van der Waals surface area contributed by atoms with Gasteiger partial charge < -0.3 is 10.2 Å². The molecule has 2 rings (SSSR count). The van der Waals surface area contributed by atoms with Crippen LogP contribution in [0.25, 0.3) is 0 Å². The Hall–Kier alpha value is -0.830. The molecule has 2 aliphatic heterocycles. The molecule has 3 nitrogen and oxygen atoms in total. The number of amides is 1. The Morgan fingerprint density at radius 3 is 2.75 bits per heavy atom. The fourth-order valence-corrected chi connectivity index (χ4v) is 2.59. The van der Waals surface area contributed by atoms with Crippen LogP contribution in [0.3, 0.4) is 0 Å². The van der Waals surface area contributed by atoms with Gasteiger partial charge in [0.1, 0.15) is 0 Å². The molecule has 1 N–H and O–H groups in total. The topological polar surface area (TPSA) is 32.3 Å². The average Bonchev–Trinajstić information content (AvgIpc) is 2.54. The summed E-state index contributed by atoms with van der Waals surface area (Å²) in [5.41, 5.74) is 0. The van der Waals surface area contributed by atoms with E-state index in [1.165, 1.54) is 19.3 Å². The standard InChI is InChI=1S/C13H22N2O/c1-11-12(7-3-4-8-14-11)13(16)15-9-5-2-6-10-15/h3-4,11-12,14H,2,5-10H2,1H3/t11-,12+/m1/s1. The number of carbonyl (C=O) groups is 1. The van der Waals surface area contributed by atoms with Gasteiger partial charge >= 0.3 is 0 Å². The molecule has 0 saturated carbocycles. The predicted molar refractivity (Wildman–Crippen MR) is 65.1 cm³/mol. The second-order valence-electron chi connectivity index (χ2n) is 4.90. The van der Waals surface area contributed by atoms with Gasteiger partial charge in [-0.05, 0) is 32.6 Å². The lowest BCUT2D eigenvalue weighted by molar-refractivity contribution is -0.137. The third kappa shape index (κ3) is 2.64. The van der Waals surface area contributed by atoms with Crippen LogP contribution in [0.2, 0.25) is 0 Å². The first kappa shape index (κ1) is 11.6. The van der Waals surface area contributed by atoms with Gasteiger partial charge in [0.2, 0.25) is 5.91 Å². The fourth-order valence-electron chi connectivity index (χ4n) is 2.59. The molecule has 0 spiro atoms. The lowest BCUT2D eigenvalue weighted by atomic mass is 9.95. The normalized spacial score (nSPS) is 31.2. The number of likely N-dealkylation sites (tertiary alicyclic amines) is 1. The van der Waals surface area contributed by atoms with Crippen LogP contribution in [-0.2, 0) is 4.79 Å². The van der Waals surface area contributed by atoms with E-state index in [4.69, 9.17) is 0 Å². The van der Waals surface area contributed by atoms with E-state index in [-0.39, 0.29) is 5.92 Å². The molecular formula is C13H22N2O. The van der Waals surface area contributed by atoms with Crippen LogP contribution in [0, 0.1) is 5.92 Å². The van der Waals surface area contributed by atoms with Gasteiger partial charge in [-0.15, -0.1) is 0 Å². The van der Waals surface area contributed by atoms with Crippen molar-refractivity contribution in [3.63, 3.8) is 0 Å². The summed E-state index contributed by atoms with van der Waals surface area (Å²) in [5, 5.41) is 3.38. The lowest BCUT2D eigenvalue weighted by Gasteiger charge is -2.32. The van der Waals surface area contributed by atoms with Crippen molar-refractivity contribution in [2.75, 3.05) is 19.6 Å². The van der Waals surface area contributed by atoms with E-state index in [2.05, 4.69) is 29.3 Å². The number of hydrogen-bond donors (Lipinski definition) is 1. The molecule has 1 amide bonds. The van der Waals surface area contributed by atoms with Crippen LogP contribution in [0.5, 0.6) is 0 Å². The number of nitrogens with one attached hydrogen (secondary N) is 1. The number of piperidine rings is 1. The summed E-state index contributed by atoms with van der Waals surface area (Å²) in [6.45, 7) is 4.95. The van der Waals surface area contributed by atoms with Crippen molar-refractivity contribution in [1.82, 2.24) is 10.2 Å². The van der Waals surface area contributed by atoms with Crippen LogP contribution in [0.15, 0.2) is 12.2 Å². The molecular weight excluding hydrogens is 200 g/mol. The Kier molecular flexibility index (Phi) is 3.99. The van der Waals surface area contributed by atoms with Crippen LogP contribution in [-0.4, -0.2) is 36.5 Å². The molecule has 2 aliphatic rings. The Bertz CT molecular complexity index is 269. The largest absolute Gasteiger partial charge is 0.342 e. The molecule has 0 unspecified atom stereocenters. The molecule has 1 saturated heterocycles. The highest BCUT2D eigenvalue weighted by atomic mass is 16.2. The van der Waals surface area contributed by atoms with E-state index < -0.39 is 0 Å². The van der Waals surface area contributed by atoms with Crippen molar-refractivity contribution < 1.29 is 4.79 Å². The summed E-state index contributed by atoms with van der Waals surface area (Å²) in [7, 11) is 0. The van der Waals surface area contributed by atoms with Crippen LogP contribution in [0.1, 0.15) is 32.6 Å². The van der Waals surface area contributed by atoms with Crippen molar-refractivity contribution in [3.05, 3.63) is 12.2 Å². The highest BCUT2D eigenvalue weighted by molar-refractivity contribution is 5.79. The molecule has 2 atom stereocenters.